The SMILES string of the molecule is CC1(NCCCCCN)CCCCC1. The van der Waals surface area contributed by atoms with E-state index in [0.29, 0.717) is 5.54 Å². The van der Waals surface area contributed by atoms with E-state index in [4.69, 9.17) is 5.73 Å². The van der Waals surface area contributed by atoms with Crippen molar-refractivity contribution >= 4 is 0 Å². The maximum Gasteiger partial charge on any atom is 0.0153 e. The Bertz CT molecular complexity index is 139. The van der Waals surface area contributed by atoms with Gasteiger partial charge < -0.3 is 11.1 Å². The van der Waals surface area contributed by atoms with Gasteiger partial charge in [-0.05, 0) is 45.7 Å². The van der Waals surface area contributed by atoms with Gasteiger partial charge in [0.15, 0.2) is 0 Å². The van der Waals surface area contributed by atoms with Crippen LogP contribution in [0.15, 0.2) is 0 Å². The zero-order valence-electron chi connectivity index (χ0n) is 9.65. The molecule has 84 valence electrons. The van der Waals surface area contributed by atoms with E-state index in [1.807, 2.05) is 0 Å². The largest absolute Gasteiger partial charge is 0.330 e. The van der Waals surface area contributed by atoms with Crippen molar-refractivity contribution in [1.29, 1.82) is 0 Å². The molecule has 0 atom stereocenters. The van der Waals surface area contributed by atoms with Gasteiger partial charge in [-0.3, -0.25) is 0 Å². The third kappa shape index (κ3) is 4.43. The molecule has 0 unspecified atom stereocenters. The van der Waals surface area contributed by atoms with Crippen molar-refractivity contribution in [3.05, 3.63) is 0 Å². The van der Waals surface area contributed by atoms with Gasteiger partial charge in [0, 0.05) is 5.54 Å². The maximum absolute atomic E-state index is 5.46. The van der Waals surface area contributed by atoms with Gasteiger partial charge in [-0.1, -0.05) is 25.7 Å². The van der Waals surface area contributed by atoms with Crippen molar-refractivity contribution in [2.24, 2.45) is 5.73 Å². The fraction of sp³-hybridized carbons (Fsp3) is 1.00. The van der Waals surface area contributed by atoms with Gasteiger partial charge in [-0.2, -0.15) is 0 Å². The number of nitrogens with one attached hydrogen (secondary N) is 1. The highest BCUT2D eigenvalue weighted by Gasteiger charge is 2.25. The van der Waals surface area contributed by atoms with Crippen LogP contribution in [0.25, 0.3) is 0 Å². The number of hydrogen-bond acceptors (Lipinski definition) is 2. The molecule has 0 aromatic heterocycles. The lowest BCUT2D eigenvalue weighted by atomic mass is 9.83. The molecule has 1 fully saturated rings. The third-order valence-corrected chi connectivity index (χ3v) is 3.39. The Hall–Kier alpha value is -0.0800. The van der Waals surface area contributed by atoms with Gasteiger partial charge in [-0.25, -0.2) is 0 Å². The quantitative estimate of drug-likeness (QED) is 0.643. The molecule has 0 spiro atoms. The average molecular weight is 198 g/mol. The first-order chi connectivity index (χ1) is 6.77. The first-order valence-electron chi connectivity index (χ1n) is 6.22. The van der Waals surface area contributed by atoms with Gasteiger partial charge in [0.1, 0.15) is 0 Å². The molecule has 14 heavy (non-hydrogen) atoms. The second kappa shape index (κ2) is 6.41. The summed E-state index contributed by atoms with van der Waals surface area (Å²) in [6.45, 7) is 4.41. The van der Waals surface area contributed by atoms with Crippen molar-refractivity contribution in [2.45, 2.75) is 63.8 Å². The molecule has 0 aromatic rings. The zero-order valence-corrected chi connectivity index (χ0v) is 9.65. The van der Waals surface area contributed by atoms with Crippen LogP contribution in [0, 0.1) is 0 Å². The van der Waals surface area contributed by atoms with E-state index in [1.54, 1.807) is 0 Å². The molecule has 1 aliphatic carbocycles. The standard InChI is InChI=1S/C12H26N2/c1-12(8-4-2-5-9-12)14-11-7-3-6-10-13/h14H,2-11,13H2,1H3. The maximum atomic E-state index is 5.46. The predicted octanol–water partition coefficient (Wildman–Crippen LogP) is 2.43. The fourth-order valence-corrected chi connectivity index (χ4v) is 2.35. The summed E-state index contributed by atoms with van der Waals surface area (Å²) < 4.78 is 0. The minimum Gasteiger partial charge on any atom is -0.330 e. The Morgan fingerprint density at radius 2 is 1.79 bits per heavy atom. The number of nitrogens with two attached hydrogens (primary N) is 1. The molecule has 1 saturated carbocycles. The number of unbranched alkanes of at least 4 members (excludes halogenated alkanes) is 2. The van der Waals surface area contributed by atoms with E-state index in [1.165, 1.54) is 57.9 Å². The molecule has 0 saturated heterocycles. The second-order valence-electron chi connectivity index (χ2n) is 4.90. The molecule has 0 heterocycles. The van der Waals surface area contributed by atoms with Gasteiger partial charge >= 0.3 is 0 Å². The Balaban J connectivity index is 2.03. The van der Waals surface area contributed by atoms with Crippen LogP contribution < -0.4 is 11.1 Å². The minimum absolute atomic E-state index is 0.445. The molecule has 1 aliphatic rings. The number of hydrogen-bond donors (Lipinski definition) is 2. The Labute approximate surface area is 88.6 Å². The molecular weight excluding hydrogens is 172 g/mol. The lowest BCUT2D eigenvalue weighted by Gasteiger charge is -2.34. The van der Waals surface area contributed by atoms with Crippen molar-refractivity contribution in [3.63, 3.8) is 0 Å². The van der Waals surface area contributed by atoms with Gasteiger partial charge in [0.05, 0.1) is 0 Å². The summed E-state index contributed by atoms with van der Waals surface area (Å²) in [5.41, 5.74) is 5.90. The summed E-state index contributed by atoms with van der Waals surface area (Å²) in [6, 6.07) is 0. The highest BCUT2D eigenvalue weighted by molar-refractivity contribution is 4.85. The molecule has 0 bridgehead atoms. The van der Waals surface area contributed by atoms with Crippen LogP contribution >= 0.6 is 0 Å². The van der Waals surface area contributed by atoms with E-state index in [0.717, 1.165) is 6.54 Å². The van der Waals surface area contributed by atoms with Crippen LogP contribution in [0.3, 0.4) is 0 Å². The van der Waals surface area contributed by atoms with E-state index in [-0.39, 0.29) is 0 Å². The zero-order chi connectivity index (χ0) is 10.3. The van der Waals surface area contributed by atoms with Crippen LogP contribution in [0.5, 0.6) is 0 Å². The Morgan fingerprint density at radius 1 is 1.07 bits per heavy atom. The van der Waals surface area contributed by atoms with Crippen LogP contribution in [-0.4, -0.2) is 18.6 Å². The molecule has 1 rings (SSSR count). The van der Waals surface area contributed by atoms with E-state index < -0.39 is 0 Å². The van der Waals surface area contributed by atoms with Gasteiger partial charge in [0.25, 0.3) is 0 Å². The predicted molar refractivity (Wildman–Crippen MR) is 62.4 cm³/mol. The van der Waals surface area contributed by atoms with E-state index in [9.17, 15) is 0 Å². The van der Waals surface area contributed by atoms with Crippen LogP contribution in [-0.2, 0) is 0 Å². The molecule has 2 heteroatoms. The van der Waals surface area contributed by atoms with E-state index >= 15 is 0 Å². The summed E-state index contributed by atoms with van der Waals surface area (Å²) in [4.78, 5) is 0. The van der Waals surface area contributed by atoms with E-state index in [2.05, 4.69) is 12.2 Å². The molecule has 3 N–H and O–H groups in total. The minimum atomic E-state index is 0.445. The average Bonchev–Trinajstić information content (AvgIpc) is 2.18. The first kappa shape index (κ1) is 12.0. The molecule has 0 radical (unpaired) electrons. The van der Waals surface area contributed by atoms with Crippen molar-refractivity contribution in [3.8, 4) is 0 Å². The topological polar surface area (TPSA) is 38.0 Å². The monoisotopic (exact) mass is 198 g/mol. The molecule has 2 nitrogen and oxygen atoms in total. The van der Waals surface area contributed by atoms with Crippen molar-refractivity contribution in [1.82, 2.24) is 5.32 Å². The molecule has 0 aliphatic heterocycles. The molecular formula is C12H26N2. The van der Waals surface area contributed by atoms with Crippen molar-refractivity contribution < 1.29 is 0 Å². The lowest BCUT2D eigenvalue weighted by Crippen LogP contribution is -2.44. The normalized spacial score (nSPS) is 21.0. The summed E-state index contributed by atoms with van der Waals surface area (Å²) in [5.74, 6) is 0. The highest BCUT2D eigenvalue weighted by atomic mass is 15.0. The van der Waals surface area contributed by atoms with Crippen LogP contribution in [0.1, 0.15) is 58.3 Å². The summed E-state index contributed by atoms with van der Waals surface area (Å²) in [5, 5.41) is 3.72. The Morgan fingerprint density at radius 3 is 2.43 bits per heavy atom. The lowest BCUT2D eigenvalue weighted by molar-refractivity contribution is 0.253. The summed E-state index contributed by atoms with van der Waals surface area (Å²) in [6.07, 6.45) is 10.7. The summed E-state index contributed by atoms with van der Waals surface area (Å²) >= 11 is 0. The summed E-state index contributed by atoms with van der Waals surface area (Å²) in [7, 11) is 0. The molecule has 0 amide bonds. The molecule has 0 aromatic carbocycles. The first-order valence-corrected chi connectivity index (χ1v) is 6.22. The van der Waals surface area contributed by atoms with Gasteiger partial charge in [0.2, 0.25) is 0 Å². The van der Waals surface area contributed by atoms with Crippen molar-refractivity contribution in [2.75, 3.05) is 13.1 Å². The smallest absolute Gasteiger partial charge is 0.0153 e. The highest BCUT2D eigenvalue weighted by Crippen LogP contribution is 2.27. The number of rotatable bonds is 6. The second-order valence-corrected chi connectivity index (χ2v) is 4.90. The van der Waals surface area contributed by atoms with Crippen LogP contribution in [0.4, 0.5) is 0 Å². The third-order valence-electron chi connectivity index (χ3n) is 3.39. The Kier molecular flexibility index (Phi) is 5.49. The van der Waals surface area contributed by atoms with Gasteiger partial charge in [-0.15, -0.1) is 0 Å². The van der Waals surface area contributed by atoms with Crippen LogP contribution in [0.2, 0.25) is 0 Å². The fourth-order valence-electron chi connectivity index (χ4n) is 2.35.